The van der Waals surface area contributed by atoms with Crippen LogP contribution < -0.4 is 10.6 Å². The van der Waals surface area contributed by atoms with Gasteiger partial charge in [-0.3, -0.25) is 9.59 Å². The SMILES string of the molecule is CNC(=O)CCNC(=O)C(C)(C)CCC(C)(C)C. The van der Waals surface area contributed by atoms with Crippen LogP contribution in [-0.2, 0) is 9.59 Å². The van der Waals surface area contributed by atoms with E-state index in [2.05, 4.69) is 31.4 Å². The molecule has 0 saturated heterocycles. The Balaban J connectivity index is 4.10. The Bertz CT molecular complexity index is 291. The molecule has 4 heteroatoms. The van der Waals surface area contributed by atoms with E-state index in [1.54, 1.807) is 7.05 Å². The van der Waals surface area contributed by atoms with Gasteiger partial charge in [-0.15, -0.1) is 0 Å². The lowest BCUT2D eigenvalue weighted by atomic mass is 9.79. The third-order valence-corrected chi connectivity index (χ3v) is 3.03. The lowest BCUT2D eigenvalue weighted by Gasteiger charge is -2.27. The van der Waals surface area contributed by atoms with E-state index in [9.17, 15) is 9.59 Å². The van der Waals surface area contributed by atoms with Gasteiger partial charge in [0, 0.05) is 25.4 Å². The second kappa shape index (κ2) is 6.76. The van der Waals surface area contributed by atoms with Gasteiger partial charge in [-0.2, -0.15) is 0 Å². The second-order valence-corrected chi connectivity index (χ2v) is 6.62. The Morgan fingerprint density at radius 1 is 1.00 bits per heavy atom. The minimum absolute atomic E-state index is 0.0238. The number of rotatable bonds is 6. The minimum Gasteiger partial charge on any atom is -0.359 e. The van der Waals surface area contributed by atoms with Gasteiger partial charge in [0.15, 0.2) is 0 Å². The van der Waals surface area contributed by atoms with Crippen LogP contribution in [0.15, 0.2) is 0 Å². The summed E-state index contributed by atoms with van der Waals surface area (Å²) in [4.78, 5) is 23.0. The van der Waals surface area contributed by atoms with Crippen LogP contribution >= 0.6 is 0 Å². The number of hydrogen-bond donors (Lipinski definition) is 2. The average Bonchev–Trinajstić information content (AvgIpc) is 2.25. The fraction of sp³-hybridized carbons (Fsp3) is 0.857. The van der Waals surface area contributed by atoms with Crippen molar-refractivity contribution in [2.24, 2.45) is 10.8 Å². The summed E-state index contributed by atoms with van der Waals surface area (Å²) in [5.74, 6) is -0.0292. The summed E-state index contributed by atoms with van der Waals surface area (Å²) in [7, 11) is 1.59. The number of amides is 2. The predicted molar refractivity (Wildman–Crippen MR) is 74.2 cm³/mol. The molecule has 18 heavy (non-hydrogen) atoms. The van der Waals surface area contributed by atoms with Crippen molar-refractivity contribution < 1.29 is 9.59 Å². The Hall–Kier alpha value is -1.06. The zero-order valence-electron chi connectivity index (χ0n) is 12.6. The highest BCUT2D eigenvalue weighted by Crippen LogP contribution is 2.30. The van der Waals surface area contributed by atoms with Crippen molar-refractivity contribution in [1.82, 2.24) is 10.6 Å². The number of hydrogen-bond acceptors (Lipinski definition) is 2. The average molecular weight is 256 g/mol. The van der Waals surface area contributed by atoms with E-state index in [0.29, 0.717) is 13.0 Å². The number of carbonyl (C=O) groups excluding carboxylic acids is 2. The maximum absolute atomic E-state index is 12.0. The van der Waals surface area contributed by atoms with Crippen LogP contribution in [-0.4, -0.2) is 25.4 Å². The fourth-order valence-electron chi connectivity index (χ4n) is 1.45. The van der Waals surface area contributed by atoms with Crippen molar-refractivity contribution in [3.05, 3.63) is 0 Å². The van der Waals surface area contributed by atoms with Gasteiger partial charge in [-0.25, -0.2) is 0 Å². The first kappa shape index (κ1) is 16.9. The quantitative estimate of drug-likeness (QED) is 0.764. The lowest BCUT2D eigenvalue weighted by Crippen LogP contribution is -2.39. The molecule has 0 bridgehead atoms. The zero-order chi connectivity index (χ0) is 14.4. The fourth-order valence-corrected chi connectivity index (χ4v) is 1.45. The van der Waals surface area contributed by atoms with Crippen molar-refractivity contribution in [1.29, 1.82) is 0 Å². The molecule has 0 aliphatic heterocycles. The van der Waals surface area contributed by atoms with Crippen LogP contribution in [0.2, 0.25) is 0 Å². The van der Waals surface area contributed by atoms with Crippen LogP contribution in [0.1, 0.15) is 53.9 Å². The van der Waals surface area contributed by atoms with Crippen LogP contribution in [0.4, 0.5) is 0 Å². The highest BCUT2D eigenvalue weighted by atomic mass is 16.2. The van der Waals surface area contributed by atoms with Crippen molar-refractivity contribution in [2.45, 2.75) is 53.9 Å². The topological polar surface area (TPSA) is 58.2 Å². The molecule has 2 N–H and O–H groups in total. The Morgan fingerprint density at radius 2 is 1.56 bits per heavy atom. The maximum atomic E-state index is 12.0. The molecule has 106 valence electrons. The van der Waals surface area contributed by atoms with Gasteiger partial charge in [0.1, 0.15) is 0 Å². The van der Waals surface area contributed by atoms with Crippen LogP contribution in [0, 0.1) is 10.8 Å². The Kier molecular flexibility index (Phi) is 6.36. The van der Waals surface area contributed by atoms with E-state index < -0.39 is 0 Å². The molecular formula is C14H28N2O2. The molecule has 0 heterocycles. The first-order chi connectivity index (χ1) is 8.08. The summed E-state index contributed by atoms with van der Waals surface area (Å²) < 4.78 is 0. The van der Waals surface area contributed by atoms with Crippen molar-refractivity contribution in [3.63, 3.8) is 0 Å². The summed E-state index contributed by atoms with van der Waals surface area (Å²) in [6, 6.07) is 0. The molecule has 0 fully saturated rings. The maximum Gasteiger partial charge on any atom is 0.225 e. The van der Waals surface area contributed by atoms with E-state index in [1.165, 1.54) is 0 Å². The van der Waals surface area contributed by atoms with E-state index in [-0.39, 0.29) is 22.6 Å². The van der Waals surface area contributed by atoms with Crippen LogP contribution in [0.5, 0.6) is 0 Å². The Labute approximate surface area is 111 Å². The molecule has 0 rings (SSSR count). The molecule has 0 aromatic rings. The summed E-state index contributed by atoms with van der Waals surface area (Å²) >= 11 is 0. The molecule has 0 aromatic heterocycles. The predicted octanol–water partition coefficient (Wildman–Crippen LogP) is 2.09. The molecule has 0 aromatic carbocycles. The highest BCUT2D eigenvalue weighted by molar-refractivity contribution is 5.82. The summed E-state index contributed by atoms with van der Waals surface area (Å²) in [5.41, 5.74) is -0.143. The third kappa shape index (κ3) is 7.30. The third-order valence-electron chi connectivity index (χ3n) is 3.03. The largest absolute Gasteiger partial charge is 0.359 e. The van der Waals surface area contributed by atoms with Gasteiger partial charge in [0.05, 0.1) is 0 Å². The standard InChI is InChI=1S/C14H28N2O2/c1-13(2,3)8-9-14(4,5)12(18)16-10-7-11(17)15-6/h7-10H2,1-6H3,(H,15,17)(H,16,18). The highest BCUT2D eigenvalue weighted by Gasteiger charge is 2.28. The summed E-state index contributed by atoms with van der Waals surface area (Å²) in [5, 5.41) is 5.36. The molecule has 0 unspecified atom stereocenters. The first-order valence-electron chi connectivity index (χ1n) is 6.57. The monoisotopic (exact) mass is 256 g/mol. The molecule has 0 atom stereocenters. The first-order valence-corrected chi connectivity index (χ1v) is 6.57. The molecule has 2 amide bonds. The minimum atomic E-state index is -0.379. The molecule has 0 aliphatic rings. The van der Waals surface area contributed by atoms with Gasteiger partial charge in [-0.1, -0.05) is 34.6 Å². The molecule has 0 radical (unpaired) electrons. The van der Waals surface area contributed by atoms with Crippen LogP contribution in [0.3, 0.4) is 0 Å². The van der Waals surface area contributed by atoms with Crippen LogP contribution in [0.25, 0.3) is 0 Å². The smallest absolute Gasteiger partial charge is 0.225 e. The number of carbonyl (C=O) groups is 2. The molecular weight excluding hydrogens is 228 g/mol. The normalized spacial score (nSPS) is 12.1. The zero-order valence-corrected chi connectivity index (χ0v) is 12.6. The molecule has 4 nitrogen and oxygen atoms in total. The summed E-state index contributed by atoms with van der Waals surface area (Å²) in [6.07, 6.45) is 2.18. The van der Waals surface area contributed by atoms with Crippen molar-refractivity contribution >= 4 is 11.8 Å². The van der Waals surface area contributed by atoms with E-state index in [1.807, 2.05) is 13.8 Å². The Morgan fingerprint density at radius 3 is 2.00 bits per heavy atom. The van der Waals surface area contributed by atoms with Crippen molar-refractivity contribution in [2.75, 3.05) is 13.6 Å². The van der Waals surface area contributed by atoms with E-state index in [0.717, 1.165) is 12.8 Å². The molecule has 0 saturated carbocycles. The van der Waals surface area contributed by atoms with Gasteiger partial charge in [-0.05, 0) is 18.3 Å². The van der Waals surface area contributed by atoms with Crippen molar-refractivity contribution in [3.8, 4) is 0 Å². The van der Waals surface area contributed by atoms with E-state index >= 15 is 0 Å². The van der Waals surface area contributed by atoms with Gasteiger partial charge in [0.2, 0.25) is 11.8 Å². The van der Waals surface area contributed by atoms with Gasteiger partial charge in [0.25, 0.3) is 0 Å². The summed E-state index contributed by atoms with van der Waals surface area (Å²) in [6.45, 7) is 10.8. The molecule has 0 spiro atoms. The number of nitrogens with one attached hydrogen (secondary N) is 2. The molecule has 0 aliphatic carbocycles. The van der Waals surface area contributed by atoms with E-state index in [4.69, 9.17) is 0 Å². The van der Waals surface area contributed by atoms with Gasteiger partial charge < -0.3 is 10.6 Å². The van der Waals surface area contributed by atoms with Gasteiger partial charge >= 0.3 is 0 Å². The second-order valence-electron chi connectivity index (χ2n) is 6.62. The lowest BCUT2D eigenvalue weighted by molar-refractivity contribution is -0.130.